The molecule has 2 aliphatic heterocycles. The second-order valence-corrected chi connectivity index (χ2v) is 10.7. The highest BCUT2D eigenvalue weighted by Crippen LogP contribution is 2.37. The van der Waals surface area contributed by atoms with Crippen LogP contribution in [0.15, 0.2) is 52.3 Å². The normalized spacial score (nSPS) is 18.6. The molecule has 2 aromatic rings. The molecule has 152 valence electrons. The van der Waals surface area contributed by atoms with Crippen molar-refractivity contribution in [2.24, 2.45) is 0 Å². The summed E-state index contributed by atoms with van der Waals surface area (Å²) in [5.74, 6) is -0.590. The molecule has 29 heavy (non-hydrogen) atoms. The monoisotopic (exact) mass is 430 g/mol. The van der Waals surface area contributed by atoms with Gasteiger partial charge < -0.3 is 10.2 Å². The average Bonchev–Trinajstić information content (AvgIpc) is 2.72. The molecule has 8 heteroatoms. The average molecular weight is 431 g/mol. The van der Waals surface area contributed by atoms with Gasteiger partial charge in [0.2, 0.25) is 11.8 Å². The first-order valence-corrected chi connectivity index (χ1v) is 12.1. The molecule has 0 bridgehead atoms. The Morgan fingerprint density at radius 2 is 2.03 bits per heavy atom. The van der Waals surface area contributed by atoms with Crippen LogP contribution in [0.4, 0.5) is 11.4 Å². The van der Waals surface area contributed by atoms with Gasteiger partial charge in [0.15, 0.2) is 9.84 Å². The van der Waals surface area contributed by atoms with Gasteiger partial charge in [0.05, 0.1) is 21.6 Å². The topological polar surface area (TPSA) is 83.6 Å². The van der Waals surface area contributed by atoms with Crippen molar-refractivity contribution in [2.75, 3.05) is 22.5 Å². The predicted molar refractivity (Wildman–Crippen MR) is 114 cm³/mol. The van der Waals surface area contributed by atoms with E-state index in [0.717, 1.165) is 29.0 Å². The van der Waals surface area contributed by atoms with Crippen molar-refractivity contribution in [3.63, 3.8) is 0 Å². The Labute approximate surface area is 174 Å². The van der Waals surface area contributed by atoms with Crippen LogP contribution in [0, 0.1) is 0 Å². The Hall–Kier alpha value is -2.32. The Balaban J connectivity index is 1.48. The maximum Gasteiger partial charge on any atom is 0.237 e. The number of carbonyl (C=O) groups is 2. The van der Waals surface area contributed by atoms with E-state index in [1.807, 2.05) is 24.3 Å². The van der Waals surface area contributed by atoms with E-state index in [4.69, 9.17) is 0 Å². The Kier molecular flexibility index (Phi) is 5.40. The van der Waals surface area contributed by atoms with Crippen molar-refractivity contribution < 1.29 is 18.0 Å². The standard InChI is InChI=1S/C21H22N2O4S2/c1-14-21(25)22-17-13-16(8-9-19(17)28-14)29(26,27)12-10-20(24)23-11-4-6-15-5-2-3-7-18(15)23/h2-3,5,7-9,13-14H,4,6,10-12H2,1H3,(H,22,25)/t14-/m0/s1. The molecule has 2 aliphatic rings. The number of thioether (sulfide) groups is 1. The maximum atomic E-state index is 12.8. The lowest BCUT2D eigenvalue weighted by Crippen LogP contribution is -2.36. The van der Waals surface area contributed by atoms with Gasteiger partial charge in [-0.15, -0.1) is 11.8 Å². The maximum absolute atomic E-state index is 12.8. The fraction of sp³-hybridized carbons (Fsp3) is 0.333. The molecule has 0 spiro atoms. The number of para-hydroxylation sites is 1. The van der Waals surface area contributed by atoms with Crippen molar-refractivity contribution in [3.8, 4) is 0 Å². The molecule has 0 saturated carbocycles. The molecule has 2 heterocycles. The first-order chi connectivity index (χ1) is 13.8. The van der Waals surface area contributed by atoms with Crippen LogP contribution in [0.25, 0.3) is 0 Å². The minimum atomic E-state index is -3.64. The zero-order chi connectivity index (χ0) is 20.6. The van der Waals surface area contributed by atoms with Gasteiger partial charge in [0, 0.05) is 23.5 Å². The van der Waals surface area contributed by atoms with Crippen molar-refractivity contribution >= 4 is 44.8 Å². The molecular weight excluding hydrogens is 408 g/mol. The number of anilines is 2. The van der Waals surface area contributed by atoms with Gasteiger partial charge in [0.1, 0.15) is 0 Å². The molecule has 2 amide bonds. The van der Waals surface area contributed by atoms with E-state index in [9.17, 15) is 18.0 Å². The van der Waals surface area contributed by atoms with Gasteiger partial charge in [-0.25, -0.2) is 8.42 Å². The van der Waals surface area contributed by atoms with Gasteiger partial charge in [-0.3, -0.25) is 9.59 Å². The number of amides is 2. The highest BCUT2D eigenvalue weighted by molar-refractivity contribution is 8.01. The summed E-state index contributed by atoms with van der Waals surface area (Å²) in [6, 6.07) is 12.5. The molecule has 4 rings (SSSR count). The zero-order valence-electron chi connectivity index (χ0n) is 16.1. The number of hydrogen-bond acceptors (Lipinski definition) is 5. The fourth-order valence-corrected chi connectivity index (χ4v) is 5.83. The number of hydrogen-bond donors (Lipinski definition) is 1. The van der Waals surface area contributed by atoms with Crippen LogP contribution in [0.1, 0.15) is 25.3 Å². The van der Waals surface area contributed by atoms with E-state index in [0.29, 0.717) is 12.2 Å². The second kappa shape index (κ2) is 7.84. The predicted octanol–water partition coefficient (Wildman–Crippen LogP) is 3.26. The molecule has 0 aliphatic carbocycles. The van der Waals surface area contributed by atoms with Gasteiger partial charge in [-0.05, 0) is 49.6 Å². The third-order valence-electron chi connectivity index (χ3n) is 5.24. The molecule has 1 N–H and O–H groups in total. The molecule has 0 saturated heterocycles. The number of nitrogens with zero attached hydrogens (tertiary/aromatic N) is 1. The summed E-state index contributed by atoms with van der Waals surface area (Å²) in [6.45, 7) is 2.41. The molecule has 1 atom stereocenters. The van der Waals surface area contributed by atoms with Gasteiger partial charge in [-0.2, -0.15) is 0 Å². The van der Waals surface area contributed by atoms with Crippen LogP contribution in [0.2, 0.25) is 0 Å². The summed E-state index contributed by atoms with van der Waals surface area (Å²) in [5.41, 5.74) is 2.51. The summed E-state index contributed by atoms with van der Waals surface area (Å²) >= 11 is 1.40. The zero-order valence-corrected chi connectivity index (χ0v) is 17.7. The van der Waals surface area contributed by atoms with Crippen molar-refractivity contribution in [2.45, 2.75) is 41.2 Å². The number of benzene rings is 2. The van der Waals surface area contributed by atoms with E-state index in [1.165, 1.54) is 17.8 Å². The quantitative estimate of drug-likeness (QED) is 0.805. The minimum absolute atomic E-state index is 0.0775. The molecule has 6 nitrogen and oxygen atoms in total. The van der Waals surface area contributed by atoms with Crippen molar-refractivity contribution in [1.82, 2.24) is 0 Å². The van der Waals surface area contributed by atoms with E-state index in [2.05, 4.69) is 5.32 Å². The van der Waals surface area contributed by atoms with Crippen LogP contribution in [0.5, 0.6) is 0 Å². The number of rotatable bonds is 4. The van der Waals surface area contributed by atoms with Gasteiger partial charge in [-0.1, -0.05) is 18.2 Å². The van der Waals surface area contributed by atoms with Crippen LogP contribution >= 0.6 is 11.8 Å². The summed E-state index contributed by atoms with van der Waals surface area (Å²) in [7, 11) is -3.64. The van der Waals surface area contributed by atoms with Crippen molar-refractivity contribution in [1.29, 1.82) is 0 Å². The first-order valence-electron chi connectivity index (χ1n) is 9.58. The highest BCUT2D eigenvalue weighted by atomic mass is 32.2. The number of fused-ring (bicyclic) bond motifs is 2. The van der Waals surface area contributed by atoms with E-state index >= 15 is 0 Å². The first kappa shape index (κ1) is 20.0. The lowest BCUT2D eigenvalue weighted by Gasteiger charge is -2.29. The third kappa shape index (κ3) is 4.04. The number of carbonyl (C=O) groups excluding carboxylic acids is 2. The number of aryl methyl sites for hydroxylation is 1. The van der Waals surface area contributed by atoms with Gasteiger partial charge in [0.25, 0.3) is 0 Å². The third-order valence-corrected chi connectivity index (χ3v) is 8.13. The summed E-state index contributed by atoms with van der Waals surface area (Å²) in [4.78, 5) is 27.3. The molecule has 0 radical (unpaired) electrons. The van der Waals surface area contributed by atoms with E-state index in [-0.39, 0.29) is 34.1 Å². The molecule has 0 unspecified atom stereocenters. The molecular formula is C21H22N2O4S2. The van der Waals surface area contributed by atoms with Crippen LogP contribution in [-0.2, 0) is 25.8 Å². The Morgan fingerprint density at radius 1 is 1.24 bits per heavy atom. The SMILES string of the molecule is C[C@@H]1Sc2ccc(S(=O)(=O)CCC(=O)N3CCCc4ccccc43)cc2NC1=O. The molecule has 0 fully saturated rings. The summed E-state index contributed by atoms with van der Waals surface area (Å²) in [6.07, 6.45) is 1.72. The molecule has 0 aromatic heterocycles. The van der Waals surface area contributed by atoms with Crippen LogP contribution < -0.4 is 10.2 Å². The summed E-state index contributed by atoms with van der Waals surface area (Å²) < 4.78 is 25.6. The second-order valence-electron chi connectivity index (χ2n) is 7.25. The van der Waals surface area contributed by atoms with Crippen LogP contribution in [-0.4, -0.2) is 37.8 Å². The Bertz CT molecular complexity index is 1080. The lowest BCUT2D eigenvalue weighted by atomic mass is 10.0. The largest absolute Gasteiger partial charge is 0.324 e. The summed E-state index contributed by atoms with van der Waals surface area (Å²) in [5, 5.41) is 2.54. The van der Waals surface area contributed by atoms with Crippen LogP contribution in [0.3, 0.4) is 0 Å². The highest BCUT2D eigenvalue weighted by Gasteiger charge is 2.27. The Morgan fingerprint density at radius 3 is 2.86 bits per heavy atom. The lowest BCUT2D eigenvalue weighted by molar-refractivity contribution is -0.118. The number of sulfone groups is 1. The number of nitrogens with one attached hydrogen (secondary N) is 1. The fourth-order valence-electron chi connectivity index (χ4n) is 3.65. The van der Waals surface area contributed by atoms with E-state index in [1.54, 1.807) is 24.0 Å². The molecule has 2 aromatic carbocycles. The smallest absolute Gasteiger partial charge is 0.237 e. The van der Waals surface area contributed by atoms with Gasteiger partial charge >= 0.3 is 0 Å². The van der Waals surface area contributed by atoms with Crippen molar-refractivity contribution in [3.05, 3.63) is 48.0 Å². The minimum Gasteiger partial charge on any atom is -0.324 e. The van der Waals surface area contributed by atoms with E-state index < -0.39 is 9.84 Å².